The average Bonchev–Trinajstić information content (AvgIpc) is 0.897. The molecule has 0 amide bonds. The molecule has 0 radical (unpaired) electrons. The zero-order valence-corrected chi connectivity index (χ0v) is 74.4. The van der Waals surface area contributed by atoms with Gasteiger partial charge in [-0.3, -0.25) is 37.3 Å². The van der Waals surface area contributed by atoms with Gasteiger partial charge >= 0.3 is 39.5 Å². The highest BCUT2D eigenvalue weighted by Crippen LogP contribution is 2.45. The molecule has 0 rings (SSSR count). The lowest BCUT2D eigenvalue weighted by Gasteiger charge is -2.21. The summed E-state index contributed by atoms with van der Waals surface area (Å²) in [6.45, 7) is 9.75. The van der Waals surface area contributed by atoms with Crippen molar-refractivity contribution in [2.75, 3.05) is 39.6 Å². The monoisotopic (exact) mass is 1610 g/mol. The van der Waals surface area contributed by atoms with Crippen LogP contribution in [0.4, 0.5) is 0 Å². The molecule has 19 heteroatoms. The van der Waals surface area contributed by atoms with Crippen LogP contribution in [0.25, 0.3) is 0 Å². The number of ether oxygens (including phenoxy) is 4. The lowest BCUT2D eigenvalue weighted by molar-refractivity contribution is -0.161. The number of carbonyl (C=O) groups excluding carboxylic acids is 4. The molecule has 0 aromatic heterocycles. The van der Waals surface area contributed by atoms with E-state index in [0.717, 1.165) is 102 Å². The summed E-state index contributed by atoms with van der Waals surface area (Å²) in [6.07, 6.45) is 76.5. The van der Waals surface area contributed by atoms with Crippen molar-refractivity contribution in [2.24, 2.45) is 11.8 Å². The van der Waals surface area contributed by atoms with Crippen LogP contribution in [-0.2, 0) is 65.4 Å². The highest BCUT2D eigenvalue weighted by molar-refractivity contribution is 7.47. The summed E-state index contributed by atoms with van der Waals surface area (Å²) in [5, 5.41) is 10.7. The van der Waals surface area contributed by atoms with Gasteiger partial charge < -0.3 is 33.8 Å². The van der Waals surface area contributed by atoms with Crippen molar-refractivity contribution in [1.82, 2.24) is 0 Å². The Kier molecular flexibility index (Phi) is 80.7. The Bertz CT molecular complexity index is 2100. The van der Waals surface area contributed by atoms with E-state index in [9.17, 15) is 43.2 Å². The summed E-state index contributed by atoms with van der Waals surface area (Å²) < 4.78 is 69.0. The molecule has 654 valence electrons. The highest BCUT2D eigenvalue weighted by atomic mass is 31.2. The molecule has 0 aromatic rings. The zero-order chi connectivity index (χ0) is 80.6. The molecule has 0 spiro atoms. The molecule has 110 heavy (non-hydrogen) atoms. The van der Waals surface area contributed by atoms with E-state index in [-0.39, 0.29) is 25.7 Å². The number of phosphoric acid groups is 2. The van der Waals surface area contributed by atoms with Crippen LogP contribution in [0.15, 0.2) is 0 Å². The quantitative estimate of drug-likeness (QED) is 0.0222. The first-order valence-electron chi connectivity index (χ1n) is 47.0. The van der Waals surface area contributed by atoms with Crippen LogP contribution in [-0.4, -0.2) is 96.7 Å². The lowest BCUT2D eigenvalue weighted by Crippen LogP contribution is -2.30. The van der Waals surface area contributed by atoms with Crippen molar-refractivity contribution in [3.63, 3.8) is 0 Å². The maximum absolute atomic E-state index is 13.2. The number of hydrogen-bond donors (Lipinski definition) is 3. The molecule has 0 aliphatic carbocycles. The van der Waals surface area contributed by atoms with Crippen LogP contribution < -0.4 is 0 Å². The van der Waals surface area contributed by atoms with Gasteiger partial charge in [0.2, 0.25) is 0 Å². The number of hydrogen-bond acceptors (Lipinski definition) is 15. The summed E-state index contributed by atoms with van der Waals surface area (Å²) >= 11 is 0. The van der Waals surface area contributed by atoms with Gasteiger partial charge in [-0.1, -0.05) is 440 Å². The Hall–Kier alpha value is -1.94. The number of unbranched alkanes of at least 4 members (excludes halogenated alkanes) is 60. The summed E-state index contributed by atoms with van der Waals surface area (Å²) in [4.78, 5) is 73.4. The van der Waals surface area contributed by atoms with Crippen molar-refractivity contribution in [2.45, 2.75) is 509 Å². The maximum atomic E-state index is 13.2. The van der Waals surface area contributed by atoms with Gasteiger partial charge in [0.15, 0.2) is 12.2 Å². The van der Waals surface area contributed by atoms with E-state index in [1.165, 1.54) is 308 Å². The number of esters is 4. The van der Waals surface area contributed by atoms with E-state index in [1.54, 1.807) is 0 Å². The van der Waals surface area contributed by atoms with Crippen molar-refractivity contribution in [3.8, 4) is 0 Å². The maximum Gasteiger partial charge on any atom is 0.472 e. The Morgan fingerprint density at radius 2 is 0.418 bits per heavy atom. The van der Waals surface area contributed by atoms with Gasteiger partial charge in [0.25, 0.3) is 0 Å². The van der Waals surface area contributed by atoms with Gasteiger partial charge in [-0.2, -0.15) is 0 Å². The minimum Gasteiger partial charge on any atom is -0.462 e. The third-order valence-corrected chi connectivity index (χ3v) is 23.4. The Morgan fingerprint density at radius 1 is 0.245 bits per heavy atom. The summed E-state index contributed by atoms with van der Waals surface area (Å²) in [5.41, 5.74) is 0. The first kappa shape index (κ1) is 108. The minimum atomic E-state index is -4.97. The van der Waals surface area contributed by atoms with Crippen molar-refractivity contribution < 1.29 is 80.2 Å². The van der Waals surface area contributed by atoms with Crippen LogP contribution in [0.3, 0.4) is 0 Å². The Balaban J connectivity index is 5.22. The molecule has 3 N–H and O–H groups in total. The molecule has 0 saturated carbocycles. The van der Waals surface area contributed by atoms with E-state index in [2.05, 4.69) is 41.5 Å². The molecule has 0 bridgehead atoms. The fourth-order valence-corrected chi connectivity index (χ4v) is 15.9. The molecule has 0 aliphatic heterocycles. The number of aliphatic hydroxyl groups is 1. The summed E-state index contributed by atoms with van der Waals surface area (Å²) in [6, 6.07) is 0. The molecule has 0 aromatic carbocycles. The second-order valence-corrected chi connectivity index (χ2v) is 36.6. The van der Waals surface area contributed by atoms with Gasteiger partial charge in [0.1, 0.15) is 19.3 Å². The Labute approximate surface area is 677 Å². The molecule has 0 aliphatic rings. The van der Waals surface area contributed by atoms with Gasteiger partial charge in [0.05, 0.1) is 26.4 Å². The van der Waals surface area contributed by atoms with Crippen LogP contribution in [0.2, 0.25) is 0 Å². The zero-order valence-electron chi connectivity index (χ0n) is 72.6. The molecule has 2 unspecified atom stereocenters. The largest absolute Gasteiger partial charge is 0.472 e. The number of carbonyl (C=O) groups is 4. The van der Waals surface area contributed by atoms with E-state index >= 15 is 0 Å². The predicted molar refractivity (Wildman–Crippen MR) is 455 cm³/mol. The average molecular weight is 1610 g/mol. The normalized spacial score (nSPS) is 13.7. The standard InChI is InChI=1S/C91H178O17P2/c1-7-9-11-13-15-17-19-20-21-22-23-24-25-26-31-34-39-45-51-57-63-69-75-90(95)108-87(80-102-89(94)74-68-62-56-50-44-38-33-30-28-27-29-32-36-42-47-53-59-65-71-83(3)4)82-106-110(99,100)104-78-85(92)77-103-109(97,98)105-81-86(79-101-88(93)73-67-61-55-49-41-18-16-14-12-10-8-2)107-91(96)76-70-64-58-52-46-40-35-37-43-48-54-60-66-72-84(5)6/h83-87,92H,7-82H2,1-6H3,(H,97,98)(H,99,100)/t85-,86+,87+/m0/s1. The fourth-order valence-electron chi connectivity index (χ4n) is 14.3. The third-order valence-electron chi connectivity index (χ3n) is 21.5. The number of phosphoric ester groups is 2. The topological polar surface area (TPSA) is 237 Å². The molecular formula is C91H178O17P2. The fraction of sp³-hybridized carbons (Fsp3) is 0.956. The lowest BCUT2D eigenvalue weighted by atomic mass is 10.0. The van der Waals surface area contributed by atoms with Gasteiger partial charge in [-0.05, 0) is 37.5 Å². The highest BCUT2D eigenvalue weighted by Gasteiger charge is 2.31. The van der Waals surface area contributed by atoms with Crippen molar-refractivity contribution >= 4 is 39.5 Å². The van der Waals surface area contributed by atoms with Gasteiger partial charge in [-0.15, -0.1) is 0 Å². The SMILES string of the molecule is CCCCCCCCCCCCCCCCCCCCCCCCC(=O)O[C@H](COC(=O)CCCCCCCCCCCCCCCCCCCCC(C)C)COP(=O)(O)OC[C@@H](O)COP(=O)(O)OC[C@@H](COC(=O)CCCCCCCCCCCCC)OC(=O)CCCCCCCCCCCCCCCC(C)C. The third kappa shape index (κ3) is 84.0. The molecule has 17 nitrogen and oxygen atoms in total. The summed E-state index contributed by atoms with van der Waals surface area (Å²) in [7, 11) is -9.93. The van der Waals surface area contributed by atoms with Gasteiger partial charge in [0, 0.05) is 25.7 Å². The second kappa shape index (κ2) is 82.2. The minimum absolute atomic E-state index is 0.108. The second-order valence-electron chi connectivity index (χ2n) is 33.6. The van der Waals surface area contributed by atoms with E-state index < -0.39 is 97.5 Å². The molecular weight excluding hydrogens is 1430 g/mol. The first-order valence-corrected chi connectivity index (χ1v) is 50.0. The summed E-state index contributed by atoms with van der Waals surface area (Å²) in [5.74, 6) is -0.486. The van der Waals surface area contributed by atoms with Crippen LogP contribution in [0, 0.1) is 11.8 Å². The van der Waals surface area contributed by atoms with E-state index in [1.807, 2.05) is 0 Å². The Morgan fingerprint density at radius 3 is 0.618 bits per heavy atom. The first-order chi connectivity index (χ1) is 53.4. The molecule has 0 saturated heterocycles. The van der Waals surface area contributed by atoms with E-state index in [4.69, 9.17) is 37.0 Å². The van der Waals surface area contributed by atoms with Crippen LogP contribution >= 0.6 is 15.6 Å². The molecule has 0 fully saturated rings. The van der Waals surface area contributed by atoms with Crippen molar-refractivity contribution in [3.05, 3.63) is 0 Å². The predicted octanol–water partition coefficient (Wildman–Crippen LogP) is 28.2. The van der Waals surface area contributed by atoms with E-state index in [0.29, 0.717) is 25.7 Å². The smallest absolute Gasteiger partial charge is 0.462 e. The molecule has 0 heterocycles. The number of rotatable bonds is 90. The van der Waals surface area contributed by atoms with Crippen LogP contribution in [0.5, 0.6) is 0 Å². The van der Waals surface area contributed by atoms with Gasteiger partial charge in [-0.25, -0.2) is 9.13 Å². The van der Waals surface area contributed by atoms with Crippen LogP contribution in [0.1, 0.15) is 491 Å². The number of aliphatic hydroxyl groups excluding tert-OH is 1. The van der Waals surface area contributed by atoms with Crippen molar-refractivity contribution in [1.29, 1.82) is 0 Å². The molecule has 5 atom stereocenters.